The number of carbonyl (C=O) groups excluding carboxylic acids is 2. The van der Waals surface area contributed by atoms with Crippen LogP contribution in [0.2, 0.25) is 0 Å². The van der Waals surface area contributed by atoms with Crippen molar-refractivity contribution in [2.75, 3.05) is 25.5 Å². The second-order valence-electron chi connectivity index (χ2n) is 8.68. The van der Waals surface area contributed by atoms with Gasteiger partial charge >= 0.3 is 5.97 Å². The molecule has 9 heteroatoms. The number of hydrogen-bond donors (Lipinski definition) is 1. The van der Waals surface area contributed by atoms with Gasteiger partial charge in [-0.3, -0.25) is 4.79 Å². The van der Waals surface area contributed by atoms with E-state index in [1.165, 1.54) is 7.11 Å². The Balaban J connectivity index is 1.45. The van der Waals surface area contributed by atoms with Gasteiger partial charge in [0.15, 0.2) is 0 Å². The van der Waals surface area contributed by atoms with Crippen molar-refractivity contribution < 1.29 is 22.7 Å². The van der Waals surface area contributed by atoms with E-state index in [2.05, 4.69) is 16.6 Å². The predicted molar refractivity (Wildman–Crippen MR) is 135 cm³/mol. The quantitative estimate of drug-likeness (QED) is 0.632. The Labute approximate surface area is 205 Å². The minimum Gasteiger partial charge on any atom is -0.465 e. The van der Waals surface area contributed by atoms with E-state index < -0.39 is 16.0 Å². The number of rotatable bonds is 5. The Bertz CT molecular complexity index is 1300. The summed E-state index contributed by atoms with van der Waals surface area (Å²) in [6.45, 7) is 4.85. The molecule has 2 aromatic carbocycles. The summed E-state index contributed by atoms with van der Waals surface area (Å²) in [6.07, 6.45) is 1.96. The van der Waals surface area contributed by atoms with Gasteiger partial charge in [0.2, 0.25) is 5.91 Å². The average Bonchev–Trinajstić information content (AvgIpc) is 3.12. The van der Waals surface area contributed by atoms with E-state index in [1.807, 2.05) is 29.2 Å². The number of benzene rings is 2. The highest BCUT2D eigenvalue weighted by molar-refractivity contribution is 8.00. The highest BCUT2D eigenvalue weighted by Crippen LogP contribution is 2.35. The molecule has 2 aliphatic heterocycles. The van der Waals surface area contributed by atoms with Gasteiger partial charge in [-0.15, -0.1) is 4.40 Å². The number of anilines is 1. The zero-order valence-electron chi connectivity index (χ0n) is 20.1. The first-order chi connectivity index (χ1) is 16.7. The van der Waals surface area contributed by atoms with Crippen LogP contribution in [0.15, 0.2) is 58.5 Å². The Morgan fingerprint density at radius 2 is 1.74 bits per heavy atom. The molecule has 0 aromatic heterocycles. The summed E-state index contributed by atoms with van der Waals surface area (Å²) in [5.74, 6) is -0.500. The number of aryl methyl sites for hydroxylation is 1. The molecule has 1 N–H and O–H groups in total. The standard InChI is InChI=1S/C26H29N3O5S/c1-4-18-9-11-19(12-10-18)23-17(2)24(28-35(23,32)33)29-15-13-20(14-16-29)25(30)27-22-8-6-5-7-21(22)26(31)34-3/h5-12,20H,4,13-16H2,1-3H3,(H,27,30). The van der Waals surface area contributed by atoms with Crippen LogP contribution in [-0.2, 0) is 26.0 Å². The van der Waals surface area contributed by atoms with Crippen molar-refractivity contribution in [3.8, 4) is 0 Å². The van der Waals surface area contributed by atoms with Crippen LogP contribution in [0.3, 0.4) is 0 Å². The number of sulfonamides is 1. The SMILES string of the molecule is CCc1ccc(C2=C(C)C(N3CCC(C(=O)Nc4ccccc4C(=O)OC)CC3)=NS2(=O)=O)cc1. The Kier molecular flexibility index (Phi) is 7.07. The Hall–Kier alpha value is -3.46. The Morgan fingerprint density at radius 1 is 1.09 bits per heavy atom. The lowest BCUT2D eigenvalue weighted by Crippen LogP contribution is -2.41. The number of nitrogens with one attached hydrogen (secondary N) is 1. The number of carbonyl (C=O) groups is 2. The first kappa shape index (κ1) is 24.7. The molecule has 0 radical (unpaired) electrons. The van der Waals surface area contributed by atoms with Crippen molar-refractivity contribution >= 4 is 38.3 Å². The molecule has 0 aliphatic carbocycles. The molecule has 0 atom stereocenters. The van der Waals surface area contributed by atoms with Gasteiger partial charge in [-0.1, -0.05) is 43.3 Å². The molecule has 8 nitrogen and oxygen atoms in total. The third kappa shape index (κ3) is 5.00. The zero-order valence-corrected chi connectivity index (χ0v) is 20.9. The van der Waals surface area contributed by atoms with Gasteiger partial charge in [0.05, 0.1) is 18.4 Å². The molecule has 2 heterocycles. The predicted octanol–water partition coefficient (Wildman–Crippen LogP) is 3.86. The number of esters is 1. The van der Waals surface area contributed by atoms with Crippen LogP contribution < -0.4 is 5.32 Å². The normalized spacial score (nSPS) is 17.8. The summed E-state index contributed by atoms with van der Waals surface area (Å²) in [5, 5.41) is 2.85. The molecule has 2 aromatic rings. The van der Waals surface area contributed by atoms with E-state index in [1.54, 1.807) is 31.2 Å². The molecule has 0 saturated carbocycles. The van der Waals surface area contributed by atoms with Crippen LogP contribution in [0.1, 0.15) is 48.2 Å². The number of amidine groups is 1. The first-order valence-electron chi connectivity index (χ1n) is 11.6. The maximum absolute atomic E-state index is 12.9. The van der Waals surface area contributed by atoms with Crippen LogP contribution in [0, 0.1) is 5.92 Å². The second kappa shape index (κ2) is 10.0. The largest absolute Gasteiger partial charge is 0.465 e. The third-order valence-corrected chi connectivity index (χ3v) is 7.99. The van der Waals surface area contributed by atoms with Gasteiger partial charge in [0.25, 0.3) is 10.0 Å². The number of amides is 1. The lowest BCUT2D eigenvalue weighted by molar-refractivity contribution is -0.120. The van der Waals surface area contributed by atoms with Gasteiger partial charge in [0.1, 0.15) is 10.7 Å². The summed E-state index contributed by atoms with van der Waals surface area (Å²) in [7, 11) is -2.49. The molecular formula is C26H29N3O5S. The van der Waals surface area contributed by atoms with E-state index in [9.17, 15) is 18.0 Å². The summed E-state index contributed by atoms with van der Waals surface area (Å²) >= 11 is 0. The summed E-state index contributed by atoms with van der Waals surface area (Å²) in [5.41, 5.74) is 3.11. The second-order valence-corrected chi connectivity index (χ2v) is 10.2. The molecule has 0 spiro atoms. The highest BCUT2D eigenvalue weighted by atomic mass is 32.2. The number of nitrogens with zero attached hydrogens (tertiary/aromatic N) is 2. The van der Waals surface area contributed by atoms with Crippen LogP contribution in [0.5, 0.6) is 0 Å². The molecular weight excluding hydrogens is 466 g/mol. The Morgan fingerprint density at radius 3 is 2.37 bits per heavy atom. The van der Waals surface area contributed by atoms with Crippen LogP contribution in [-0.4, -0.2) is 51.2 Å². The van der Waals surface area contributed by atoms with Crippen LogP contribution >= 0.6 is 0 Å². The maximum Gasteiger partial charge on any atom is 0.339 e. The number of hydrogen-bond acceptors (Lipinski definition) is 6. The molecule has 0 unspecified atom stereocenters. The van der Waals surface area contributed by atoms with E-state index in [0.29, 0.717) is 54.2 Å². The van der Waals surface area contributed by atoms with Crippen molar-refractivity contribution in [1.82, 2.24) is 4.90 Å². The topological polar surface area (TPSA) is 105 Å². The fourth-order valence-corrected chi connectivity index (χ4v) is 6.03. The number of piperidine rings is 1. The number of para-hydroxylation sites is 1. The minimum atomic E-state index is -3.79. The first-order valence-corrected chi connectivity index (χ1v) is 13.1. The molecule has 4 rings (SSSR count). The van der Waals surface area contributed by atoms with Crippen molar-refractivity contribution in [3.05, 3.63) is 70.8 Å². The molecule has 0 bridgehead atoms. The molecule has 184 valence electrons. The minimum absolute atomic E-state index is 0.175. The van der Waals surface area contributed by atoms with Crippen molar-refractivity contribution in [1.29, 1.82) is 0 Å². The smallest absolute Gasteiger partial charge is 0.339 e. The van der Waals surface area contributed by atoms with Crippen molar-refractivity contribution in [3.63, 3.8) is 0 Å². The van der Waals surface area contributed by atoms with Gasteiger partial charge < -0.3 is 15.0 Å². The average molecular weight is 496 g/mol. The molecule has 1 amide bonds. The van der Waals surface area contributed by atoms with E-state index in [4.69, 9.17) is 4.74 Å². The highest BCUT2D eigenvalue weighted by Gasteiger charge is 2.35. The lowest BCUT2D eigenvalue weighted by atomic mass is 9.95. The van der Waals surface area contributed by atoms with E-state index >= 15 is 0 Å². The van der Waals surface area contributed by atoms with E-state index in [-0.39, 0.29) is 16.7 Å². The maximum atomic E-state index is 12.9. The van der Waals surface area contributed by atoms with Gasteiger partial charge in [-0.25, -0.2) is 4.79 Å². The lowest BCUT2D eigenvalue weighted by Gasteiger charge is -2.33. The molecule has 1 fully saturated rings. The molecule has 2 aliphatic rings. The third-order valence-electron chi connectivity index (χ3n) is 6.52. The fraction of sp³-hybridized carbons (Fsp3) is 0.346. The number of methoxy groups -OCH3 is 1. The number of likely N-dealkylation sites (tertiary alicyclic amines) is 1. The van der Waals surface area contributed by atoms with Crippen LogP contribution in [0.25, 0.3) is 4.91 Å². The van der Waals surface area contributed by atoms with Crippen LogP contribution in [0.4, 0.5) is 5.69 Å². The zero-order chi connectivity index (χ0) is 25.2. The summed E-state index contributed by atoms with van der Waals surface area (Å²) in [4.78, 5) is 27.1. The van der Waals surface area contributed by atoms with Gasteiger partial charge in [-0.2, -0.15) is 8.42 Å². The van der Waals surface area contributed by atoms with Gasteiger partial charge in [0, 0.05) is 24.6 Å². The van der Waals surface area contributed by atoms with Crippen molar-refractivity contribution in [2.24, 2.45) is 10.3 Å². The fourth-order valence-electron chi connectivity index (χ4n) is 4.54. The van der Waals surface area contributed by atoms with Gasteiger partial charge in [-0.05, 0) is 49.4 Å². The van der Waals surface area contributed by atoms with E-state index in [0.717, 1.165) is 12.0 Å². The summed E-state index contributed by atoms with van der Waals surface area (Å²) < 4.78 is 34.7. The van der Waals surface area contributed by atoms with Crippen molar-refractivity contribution in [2.45, 2.75) is 33.1 Å². The molecule has 1 saturated heterocycles. The number of ether oxygens (including phenoxy) is 1. The monoisotopic (exact) mass is 495 g/mol. The summed E-state index contributed by atoms with van der Waals surface area (Å²) in [6, 6.07) is 14.3. The molecule has 35 heavy (non-hydrogen) atoms.